The molecule has 0 aromatic heterocycles. The third-order valence-corrected chi connectivity index (χ3v) is 5.78. The summed E-state index contributed by atoms with van der Waals surface area (Å²) in [6.45, 7) is 3.82. The van der Waals surface area contributed by atoms with Gasteiger partial charge in [0.1, 0.15) is 0 Å². The van der Waals surface area contributed by atoms with Crippen LogP contribution < -0.4 is 20.5 Å². The average molecular weight is 397 g/mol. The number of nitrogens with two attached hydrogens (primary N) is 1. The molecule has 0 spiro atoms. The summed E-state index contributed by atoms with van der Waals surface area (Å²) in [6.07, 6.45) is 4.90. The second-order valence-corrected chi connectivity index (χ2v) is 7.89. The van der Waals surface area contributed by atoms with Crippen LogP contribution in [0.5, 0.6) is 11.5 Å². The van der Waals surface area contributed by atoms with Gasteiger partial charge in [0.25, 0.3) is 0 Å². The van der Waals surface area contributed by atoms with E-state index in [0.717, 1.165) is 29.7 Å². The van der Waals surface area contributed by atoms with E-state index in [0.29, 0.717) is 5.75 Å². The molecule has 3 atom stereocenters. The van der Waals surface area contributed by atoms with Crippen LogP contribution in [0.2, 0.25) is 0 Å². The highest BCUT2D eigenvalue weighted by Gasteiger charge is 2.24. The summed E-state index contributed by atoms with van der Waals surface area (Å²) in [4.78, 5) is 12.7. The van der Waals surface area contributed by atoms with Crippen molar-refractivity contribution in [3.05, 3.63) is 59.7 Å². The second kappa shape index (κ2) is 9.79. The van der Waals surface area contributed by atoms with Crippen molar-refractivity contribution in [1.29, 1.82) is 0 Å². The van der Waals surface area contributed by atoms with Crippen LogP contribution in [0.1, 0.15) is 62.7 Å². The highest BCUT2D eigenvalue weighted by Crippen LogP contribution is 2.34. The highest BCUT2D eigenvalue weighted by molar-refractivity contribution is 5.79. The predicted octanol–water partition coefficient (Wildman–Crippen LogP) is 4.53. The lowest BCUT2D eigenvalue weighted by atomic mass is 9.94. The van der Waals surface area contributed by atoms with E-state index in [1.54, 1.807) is 7.11 Å². The fraction of sp³-hybridized carbons (Fsp3) is 0.458. The zero-order valence-electron chi connectivity index (χ0n) is 17.6. The smallest absolute Gasteiger partial charge is 0.225 e. The van der Waals surface area contributed by atoms with Crippen LogP contribution in [-0.4, -0.2) is 19.1 Å². The summed E-state index contributed by atoms with van der Waals surface area (Å²) in [6, 6.07) is 15.1. The van der Waals surface area contributed by atoms with E-state index in [4.69, 9.17) is 15.2 Å². The summed E-state index contributed by atoms with van der Waals surface area (Å²) in [5.74, 6) is 1.05. The Morgan fingerprint density at radius 1 is 1.03 bits per heavy atom. The number of amides is 1. The molecule has 156 valence electrons. The number of carbonyl (C=O) groups is 1. The number of methoxy groups -OCH3 is 1. The zero-order valence-corrected chi connectivity index (χ0v) is 17.6. The van der Waals surface area contributed by atoms with E-state index in [1.807, 2.05) is 62.4 Å². The first-order valence-electron chi connectivity index (χ1n) is 10.4. The largest absolute Gasteiger partial charge is 0.493 e. The Kier molecular flexibility index (Phi) is 7.15. The number of rotatable bonds is 8. The Morgan fingerprint density at radius 2 is 1.72 bits per heavy atom. The molecule has 0 aliphatic heterocycles. The Morgan fingerprint density at radius 3 is 2.38 bits per heavy atom. The van der Waals surface area contributed by atoms with Crippen molar-refractivity contribution in [3.63, 3.8) is 0 Å². The van der Waals surface area contributed by atoms with Gasteiger partial charge in [0, 0.05) is 6.04 Å². The maximum atomic E-state index is 12.7. The Hall–Kier alpha value is -2.53. The lowest BCUT2D eigenvalue weighted by molar-refractivity contribution is -0.125. The topological polar surface area (TPSA) is 73.6 Å². The molecule has 0 bridgehead atoms. The molecular weight excluding hydrogens is 364 g/mol. The van der Waals surface area contributed by atoms with Gasteiger partial charge in [-0.15, -0.1) is 0 Å². The molecule has 3 N–H and O–H groups in total. The second-order valence-electron chi connectivity index (χ2n) is 7.89. The number of benzene rings is 2. The molecule has 29 heavy (non-hydrogen) atoms. The van der Waals surface area contributed by atoms with E-state index < -0.39 is 0 Å². The molecule has 0 heterocycles. The first kappa shape index (κ1) is 21.2. The molecule has 5 nitrogen and oxygen atoms in total. The van der Waals surface area contributed by atoms with Crippen molar-refractivity contribution in [2.45, 2.75) is 57.7 Å². The summed E-state index contributed by atoms with van der Waals surface area (Å²) < 4.78 is 11.6. The number of carbonyl (C=O) groups excluding carboxylic acids is 1. The minimum absolute atomic E-state index is 0.0703. The third-order valence-electron chi connectivity index (χ3n) is 5.78. The summed E-state index contributed by atoms with van der Waals surface area (Å²) in [5, 5.41) is 3.08. The molecule has 0 radical (unpaired) electrons. The van der Waals surface area contributed by atoms with Gasteiger partial charge >= 0.3 is 0 Å². The van der Waals surface area contributed by atoms with Crippen LogP contribution in [0.15, 0.2) is 48.5 Å². The number of hydrogen-bond acceptors (Lipinski definition) is 4. The molecule has 5 heteroatoms. The van der Waals surface area contributed by atoms with Crippen LogP contribution in [0.4, 0.5) is 0 Å². The monoisotopic (exact) mass is 396 g/mol. The van der Waals surface area contributed by atoms with Crippen molar-refractivity contribution in [3.8, 4) is 11.5 Å². The van der Waals surface area contributed by atoms with Gasteiger partial charge in [0.05, 0.1) is 25.2 Å². The Labute approximate surface area is 173 Å². The SMILES string of the molecule is COc1cc(C(C)NC(=O)C(C)C(N)c2ccccc2)ccc1OC1CCCC1. The molecule has 3 unspecified atom stereocenters. The lowest BCUT2D eigenvalue weighted by Gasteiger charge is -2.23. The Balaban J connectivity index is 1.64. The molecule has 2 aromatic rings. The van der Waals surface area contributed by atoms with Gasteiger partial charge in [0.15, 0.2) is 11.5 Å². The molecule has 1 saturated carbocycles. The van der Waals surface area contributed by atoms with Gasteiger partial charge < -0.3 is 20.5 Å². The van der Waals surface area contributed by atoms with Crippen LogP contribution in [0, 0.1) is 5.92 Å². The van der Waals surface area contributed by atoms with Gasteiger partial charge in [-0.05, 0) is 55.9 Å². The molecule has 3 rings (SSSR count). The molecule has 1 amide bonds. The minimum Gasteiger partial charge on any atom is -0.493 e. The van der Waals surface area contributed by atoms with Crippen molar-refractivity contribution < 1.29 is 14.3 Å². The molecule has 1 fully saturated rings. The number of hydrogen-bond donors (Lipinski definition) is 2. The van der Waals surface area contributed by atoms with Gasteiger partial charge in [-0.2, -0.15) is 0 Å². The van der Waals surface area contributed by atoms with E-state index in [9.17, 15) is 4.79 Å². The van der Waals surface area contributed by atoms with Gasteiger partial charge in [-0.3, -0.25) is 4.79 Å². The minimum atomic E-state index is -0.347. The quantitative estimate of drug-likeness (QED) is 0.687. The normalized spacial score (nSPS) is 17.4. The molecule has 1 aliphatic carbocycles. The van der Waals surface area contributed by atoms with E-state index >= 15 is 0 Å². The van der Waals surface area contributed by atoms with Gasteiger partial charge in [-0.25, -0.2) is 0 Å². The summed E-state index contributed by atoms with van der Waals surface area (Å²) >= 11 is 0. The lowest BCUT2D eigenvalue weighted by Crippen LogP contribution is -2.36. The van der Waals surface area contributed by atoms with Crippen LogP contribution in [0.25, 0.3) is 0 Å². The summed E-state index contributed by atoms with van der Waals surface area (Å²) in [7, 11) is 1.64. The number of nitrogens with one attached hydrogen (secondary N) is 1. The maximum absolute atomic E-state index is 12.7. The molecule has 1 aliphatic rings. The van der Waals surface area contributed by atoms with Crippen LogP contribution >= 0.6 is 0 Å². The van der Waals surface area contributed by atoms with E-state index in [-0.39, 0.29) is 30.0 Å². The predicted molar refractivity (Wildman–Crippen MR) is 115 cm³/mol. The van der Waals surface area contributed by atoms with Crippen LogP contribution in [0.3, 0.4) is 0 Å². The van der Waals surface area contributed by atoms with Crippen molar-refractivity contribution in [2.75, 3.05) is 7.11 Å². The Bertz CT molecular complexity index is 803. The highest BCUT2D eigenvalue weighted by atomic mass is 16.5. The first-order valence-corrected chi connectivity index (χ1v) is 10.4. The average Bonchev–Trinajstić information content (AvgIpc) is 3.26. The third kappa shape index (κ3) is 5.30. The molecular formula is C24H32N2O3. The fourth-order valence-electron chi connectivity index (χ4n) is 3.79. The van der Waals surface area contributed by atoms with Gasteiger partial charge in [0.2, 0.25) is 5.91 Å². The van der Waals surface area contributed by atoms with Gasteiger partial charge in [-0.1, -0.05) is 43.3 Å². The van der Waals surface area contributed by atoms with Crippen molar-refractivity contribution >= 4 is 5.91 Å². The first-order chi connectivity index (χ1) is 14.0. The van der Waals surface area contributed by atoms with Crippen molar-refractivity contribution in [1.82, 2.24) is 5.32 Å². The fourth-order valence-corrected chi connectivity index (χ4v) is 3.79. The zero-order chi connectivity index (χ0) is 20.8. The standard InChI is InChI=1S/C24H32N2O3/c1-16(23(25)18-9-5-4-6-10-18)24(27)26-17(2)19-13-14-21(22(15-19)28-3)29-20-11-7-8-12-20/h4-6,9-10,13-17,20,23H,7-8,11-12,25H2,1-3H3,(H,26,27). The van der Waals surface area contributed by atoms with Crippen molar-refractivity contribution in [2.24, 2.45) is 11.7 Å². The number of ether oxygens (including phenoxy) is 2. The summed E-state index contributed by atoms with van der Waals surface area (Å²) in [5.41, 5.74) is 8.22. The molecule has 2 aromatic carbocycles. The van der Waals surface area contributed by atoms with E-state index in [1.165, 1.54) is 12.8 Å². The maximum Gasteiger partial charge on any atom is 0.225 e. The van der Waals surface area contributed by atoms with Crippen LogP contribution in [-0.2, 0) is 4.79 Å². The molecule has 0 saturated heterocycles. The van der Waals surface area contributed by atoms with E-state index in [2.05, 4.69) is 5.32 Å².